The maximum Gasteiger partial charge on any atom is 0.251 e. The third kappa shape index (κ3) is 4.77. The molecule has 0 unspecified atom stereocenters. The lowest BCUT2D eigenvalue weighted by atomic mass is 9.93. The lowest BCUT2D eigenvalue weighted by Gasteiger charge is -2.37. The molecule has 2 aliphatic rings. The van der Waals surface area contributed by atoms with E-state index in [1.54, 1.807) is 4.90 Å². The average Bonchev–Trinajstić information content (AvgIpc) is 2.73. The normalized spacial score (nSPS) is 18.6. The average molecular weight is 387 g/mol. The summed E-state index contributed by atoms with van der Waals surface area (Å²) in [5, 5.41) is 2.97. The standard InChI is InChI=1S/C21H26FN3O3/c1-2-19(26)24-11-7-16(8-12-24)21(28)25-13-9-18(10-14-25)23-20(27)15-3-5-17(22)6-4-15/h2-6,16,18H,1,7-14H2,(H,23,27). The Morgan fingerprint density at radius 3 is 2.11 bits per heavy atom. The number of nitrogens with zero attached hydrogens (tertiary/aromatic N) is 2. The number of halogens is 1. The van der Waals surface area contributed by atoms with Gasteiger partial charge in [-0.3, -0.25) is 14.4 Å². The molecule has 1 N–H and O–H groups in total. The summed E-state index contributed by atoms with van der Waals surface area (Å²) >= 11 is 0. The molecule has 1 aromatic carbocycles. The van der Waals surface area contributed by atoms with E-state index in [4.69, 9.17) is 0 Å². The van der Waals surface area contributed by atoms with E-state index in [1.807, 2.05) is 4.90 Å². The second-order valence-electron chi connectivity index (χ2n) is 7.38. The van der Waals surface area contributed by atoms with Gasteiger partial charge in [-0.25, -0.2) is 4.39 Å². The first-order chi connectivity index (χ1) is 13.5. The molecule has 2 saturated heterocycles. The van der Waals surface area contributed by atoms with Crippen molar-refractivity contribution in [2.24, 2.45) is 5.92 Å². The van der Waals surface area contributed by atoms with Crippen molar-refractivity contribution in [1.29, 1.82) is 0 Å². The Kier molecular flexibility index (Phi) is 6.44. The van der Waals surface area contributed by atoms with Gasteiger partial charge in [0.15, 0.2) is 0 Å². The highest BCUT2D eigenvalue weighted by atomic mass is 19.1. The lowest BCUT2D eigenvalue weighted by Crippen LogP contribution is -2.49. The number of hydrogen-bond donors (Lipinski definition) is 1. The van der Waals surface area contributed by atoms with Gasteiger partial charge in [0.1, 0.15) is 5.82 Å². The van der Waals surface area contributed by atoms with Crippen molar-refractivity contribution in [3.8, 4) is 0 Å². The van der Waals surface area contributed by atoms with Crippen LogP contribution in [0.5, 0.6) is 0 Å². The van der Waals surface area contributed by atoms with Crippen LogP contribution in [0, 0.1) is 11.7 Å². The number of likely N-dealkylation sites (tertiary alicyclic amines) is 2. The highest BCUT2D eigenvalue weighted by molar-refractivity contribution is 5.94. The Bertz CT molecular complexity index is 734. The zero-order valence-electron chi connectivity index (χ0n) is 15.9. The van der Waals surface area contributed by atoms with Gasteiger partial charge in [-0.15, -0.1) is 0 Å². The van der Waals surface area contributed by atoms with Crippen LogP contribution >= 0.6 is 0 Å². The Labute approximate surface area is 164 Å². The first kappa shape index (κ1) is 20.0. The van der Waals surface area contributed by atoms with E-state index in [-0.39, 0.29) is 35.5 Å². The summed E-state index contributed by atoms with van der Waals surface area (Å²) in [7, 11) is 0. The second-order valence-corrected chi connectivity index (χ2v) is 7.38. The molecule has 7 heteroatoms. The van der Waals surface area contributed by atoms with Crippen LogP contribution in [0.15, 0.2) is 36.9 Å². The predicted molar refractivity (Wildman–Crippen MR) is 103 cm³/mol. The topological polar surface area (TPSA) is 69.7 Å². The lowest BCUT2D eigenvalue weighted by molar-refractivity contribution is -0.140. The smallest absolute Gasteiger partial charge is 0.251 e. The second kappa shape index (κ2) is 8.99. The van der Waals surface area contributed by atoms with Crippen molar-refractivity contribution in [1.82, 2.24) is 15.1 Å². The van der Waals surface area contributed by atoms with Gasteiger partial charge < -0.3 is 15.1 Å². The number of amides is 3. The number of nitrogens with one attached hydrogen (secondary N) is 1. The molecule has 0 saturated carbocycles. The SMILES string of the molecule is C=CC(=O)N1CCC(C(=O)N2CCC(NC(=O)c3ccc(F)cc3)CC2)CC1. The van der Waals surface area contributed by atoms with Crippen molar-refractivity contribution in [3.63, 3.8) is 0 Å². The maximum absolute atomic E-state index is 13.0. The highest BCUT2D eigenvalue weighted by Crippen LogP contribution is 2.22. The van der Waals surface area contributed by atoms with E-state index < -0.39 is 0 Å². The molecule has 0 radical (unpaired) electrons. The molecule has 6 nitrogen and oxygen atoms in total. The minimum atomic E-state index is -0.372. The van der Waals surface area contributed by atoms with E-state index >= 15 is 0 Å². The molecule has 0 bridgehead atoms. The van der Waals surface area contributed by atoms with Crippen LogP contribution in [0.4, 0.5) is 4.39 Å². The van der Waals surface area contributed by atoms with Crippen molar-refractivity contribution in [3.05, 3.63) is 48.3 Å². The fourth-order valence-corrected chi connectivity index (χ4v) is 3.85. The highest BCUT2D eigenvalue weighted by Gasteiger charge is 2.32. The third-order valence-corrected chi connectivity index (χ3v) is 5.58. The van der Waals surface area contributed by atoms with E-state index in [9.17, 15) is 18.8 Å². The molecule has 3 rings (SSSR count). The Balaban J connectivity index is 1.44. The van der Waals surface area contributed by atoms with Crippen LogP contribution < -0.4 is 5.32 Å². The zero-order valence-corrected chi connectivity index (χ0v) is 15.9. The predicted octanol–water partition coefficient (Wildman–Crippen LogP) is 1.97. The minimum absolute atomic E-state index is 0.00802. The van der Waals surface area contributed by atoms with Crippen LogP contribution in [0.1, 0.15) is 36.0 Å². The number of piperidine rings is 2. The fraction of sp³-hybridized carbons (Fsp3) is 0.476. The summed E-state index contributed by atoms with van der Waals surface area (Å²) in [5.74, 6) is -0.566. The molecule has 3 amide bonds. The largest absolute Gasteiger partial charge is 0.349 e. The van der Waals surface area contributed by atoms with E-state index in [0.29, 0.717) is 57.4 Å². The molecule has 0 aromatic heterocycles. The van der Waals surface area contributed by atoms with Crippen LogP contribution in [0.3, 0.4) is 0 Å². The van der Waals surface area contributed by atoms with Gasteiger partial charge in [-0.2, -0.15) is 0 Å². The summed E-state index contributed by atoms with van der Waals surface area (Å²) in [6.07, 6.45) is 4.07. The van der Waals surface area contributed by atoms with Crippen molar-refractivity contribution < 1.29 is 18.8 Å². The fourth-order valence-electron chi connectivity index (χ4n) is 3.85. The summed E-state index contributed by atoms with van der Waals surface area (Å²) in [6, 6.07) is 5.47. The summed E-state index contributed by atoms with van der Waals surface area (Å²) in [5.41, 5.74) is 0.431. The zero-order chi connectivity index (χ0) is 20.1. The monoisotopic (exact) mass is 387 g/mol. The first-order valence-electron chi connectivity index (χ1n) is 9.74. The van der Waals surface area contributed by atoms with Crippen LogP contribution in [-0.2, 0) is 9.59 Å². The molecular formula is C21H26FN3O3. The molecule has 2 aliphatic heterocycles. The van der Waals surface area contributed by atoms with Crippen LogP contribution in [-0.4, -0.2) is 59.7 Å². The van der Waals surface area contributed by atoms with Gasteiger partial charge in [0, 0.05) is 43.7 Å². The Morgan fingerprint density at radius 2 is 1.54 bits per heavy atom. The van der Waals surface area contributed by atoms with Gasteiger partial charge >= 0.3 is 0 Å². The molecule has 0 spiro atoms. The Morgan fingerprint density at radius 1 is 0.964 bits per heavy atom. The van der Waals surface area contributed by atoms with E-state index in [0.717, 1.165) is 0 Å². The number of benzene rings is 1. The Hall–Kier alpha value is -2.70. The number of carbonyl (C=O) groups is 3. The molecule has 28 heavy (non-hydrogen) atoms. The van der Waals surface area contributed by atoms with E-state index in [2.05, 4.69) is 11.9 Å². The van der Waals surface area contributed by atoms with Crippen molar-refractivity contribution in [2.75, 3.05) is 26.2 Å². The number of rotatable bonds is 4. The molecule has 2 heterocycles. The summed E-state index contributed by atoms with van der Waals surface area (Å²) in [6.45, 7) is 5.90. The number of hydrogen-bond acceptors (Lipinski definition) is 3. The third-order valence-electron chi connectivity index (χ3n) is 5.58. The van der Waals surface area contributed by atoms with Gasteiger partial charge in [0.2, 0.25) is 11.8 Å². The van der Waals surface area contributed by atoms with Gasteiger partial charge in [-0.1, -0.05) is 6.58 Å². The van der Waals surface area contributed by atoms with Crippen molar-refractivity contribution in [2.45, 2.75) is 31.7 Å². The first-order valence-corrected chi connectivity index (χ1v) is 9.74. The van der Waals surface area contributed by atoms with Crippen LogP contribution in [0.2, 0.25) is 0 Å². The molecule has 0 aliphatic carbocycles. The van der Waals surface area contributed by atoms with Crippen LogP contribution in [0.25, 0.3) is 0 Å². The quantitative estimate of drug-likeness (QED) is 0.803. The molecular weight excluding hydrogens is 361 g/mol. The van der Waals surface area contributed by atoms with Gasteiger partial charge in [-0.05, 0) is 56.0 Å². The van der Waals surface area contributed by atoms with Gasteiger partial charge in [0.05, 0.1) is 0 Å². The molecule has 0 atom stereocenters. The minimum Gasteiger partial charge on any atom is -0.349 e. The summed E-state index contributed by atoms with van der Waals surface area (Å²) < 4.78 is 13.0. The van der Waals surface area contributed by atoms with Crippen molar-refractivity contribution >= 4 is 17.7 Å². The number of carbonyl (C=O) groups excluding carboxylic acids is 3. The van der Waals surface area contributed by atoms with Gasteiger partial charge in [0.25, 0.3) is 5.91 Å². The maximum atomic E-state index is 13.0. The van der Waals surface area contributed by atoms with E-state index in [1.165, 1.54) is 30.3 Å². The molecule has 1 aromatic rings. The summed E-state index contributed by atoms with van der Waals surface area (Å²) in [4.78, 5) is 40.3. The molecule has 2 fully saturated rings. The molecule has 150 valence electrons.